The summed E-state index contributed by atoms with van der Waals surface area (Å²) >= 11 is 6.07. The summed E-state index contributed by atoms with van der Waals surface area (Å²) in [7, 11) is 0. The van der Waals surface area contributed by atoms with Crippen molar-refractivity contribution in [3.8, 4) is 0 Å². The summed E-state index contributed by atoms with van der Waals surface area (Å²) < 4.78 is 5.11. The quantitative estimate of drug-likeness (QED) is 0.206. The fourth-order valence-corrected chi connectivity index (χ4v) is 7.00. The van der Waals surface area contributed by atoms with Crippen LogP contribution in [0, 0.1) is 18.8 Å². The third kappa shape index (κ3) is 4.82. The monoisotopic (exact) mass is 570 g/mol. The second-order valence-corrected chi connectivity index (χ2v) is 11.4. The third-order valence-electron chi connectivity index (χ3n) is 8.71. The Morgan fingerprint density at radius 2 is 1.37 bits per heavy atom. The van der Waals surface area contributed by atoms with Crippen LogP contribution in [0.4, 0.5) is 5.69 Å². The number of benzene rings is 3. The topological polar surface area (TPSA) is 92.8 Å². The Labute approximate surface area is 243 Å². The van der Waals surface area contributed by atoms with Crippen LogP contribution >= 0.6 is 11.6 Å². The number of halogens is 1. The van der Waals surface area contributed by atoms with Gasteiger partial charge in [0, 0.05) is 35.5 Å². The highest BCUT2D eigenvalue weighted by Crippen LogP contribution is 2.60. The van der Waals surface area contributed by atoms with Crippen LogP contribution in [-0.2, 0) is 23.9 Å². The molecular weight excluding hydrogens is 540 g/mol. The van der Waals surface area contributed by atoms with Crippen molar-refractivity contribution >= 4 is 41.0 Å². The van der Waals surface area contributed by atoms with E-state index in [0.717, 1.165) is 27.8 Å². The molecule has 2 atom stereocenters. The number of anilines is 1. The minimum Gasteiger partial charge on any atom is -0.456 e. The third-order valence-corrected chi connectivity index (χ3v) is 9.12. The first kappa shape index (κ1) is 27.2. The second kappa shape index (κ2) is 11.1. The molecule has 210 valence electrons. The molecule has 1 fully saturated rings. The van der Waals surface area contributed by atoms with Crippen molar-refractivity contribution in [2.24, 2.45) is 11.8 Å². The van der Waals surface area contributed by atoms with Gasteiger partial charge in [0.25, 0.3) is 5.91 Å². The molecule has 7 nitrogen and oxygen atoms in total. The lowest BCUT2D eigenvalue weighted by atomic mass is 9.55. The number of carbonyl (C=O) groups is 4. The van der Waals surface area contributed by atoms with E-state index in [4.69, 9.17) is 16.3 Å². The number of likely N-dealkylation sites (tertiary alicyclic amines) is 1. The van der Waals surface area contributed by atoms with E-state index < -0.39 is 11.9 Å². The van der Waals surface area contributed by atoms with Gasteiger partial charge in [-0.05, 0) is 59.7 Å². The molecule has 0 radical (unpaired) electrons. The van der Waals surface area contributed by atoms with E-state index in [9.17, 15) is 19.2 Å². The van der Waals surface area contributed by atoms with E-state index in [-0.39, 0.29) is 48.5 Å². The fourth-order valence-electron chi connectivity index (χ4n) is 6.82. The van der Waals surface area contributed by atoms with Gasteiger partial charge in [-0.1, -0.05) is 72.6 Å². The average molecular weight is 571 g/mol. The van der Waals surface area contributed by atoms with Crippen molar-refractivity contribution in [3.05, 3.63) is 99.6 Å². The first-order chi connectivity index (χ1) is 19.9. The standard InChI is InChI=1S/C33H31ClN2O5/c1-19-24(34)14-9-15-25(19)35-26(37)18-41-27(38)16-3-2-8-17-36-32(39)30-28-20-10-4-5-11-21(20)29(31(30)33(36)40)23-13-7-6-12-22(23)28/h4-7,9-15,28-31H,2-3,8,16-18H2,1H3,(H,35,37)/t28?,29?,30-,31-/m0/s1. The molecule has 4 aliphatic rings. The van der Waals surface area contributed by atoms with Crippen molar-refractivity contribution in [2.75, 3.05) is 18.5 Å². The van der Waals surface area contributed by atoms with Crippen LogP contribution in [-0.4, -0.2) is 41.7 Å². The van der Waals surface area contributed by atoms with Crippen LogP contribution in [0.25, 0.3) is 0 Å². The van der Waals surface area contributed by atoms with Crippen LogP contribution in [0.15, 0.2) is 66.7 Å². The summed E-state index contributed by atoms with van der Waals surface area (Å²) in [6, 6.07) is 21.6. The lowest BCUT2D eigenvalue weighted by Gasteiger charge is -2.45. The summed E-state index contributed by atoms with van der Waals surface area (Å²) in [5.41, 5.74) is 5.96. The molecule has 41 heavy (non-hydrogen) atoms. The molecule has 1 N–H and O–H groups in total. The Morgan fingerprint density at radius 1 is 0.805 bits per heavy atom. The zero-order valence-electron chi connectivity index (χ0n) is 22.8. The van der Waals surface area contributed by atoms with Gasteiger partial charge in [0.15, 0.2) is 6.61 Å². The molecule has 0 saturated carbocycles. The number of ether oxygens (including phenoxy) is 1. The Morgan fingerprint density at radius 3 is 1.93 bits per heavy atom. The normalized spacial score (nSPS) is 21.8. The number of unbranched alkanes of at least 4 members (excludes halogenated alkanes) is 2. The first-order valence-electron chi connectivity index (χ1n) is 14.1. The number of hydrogen-bond donors (Lipinski definition) is 1. The number of imide groups is 1. The van der Waals surface area contributed by atoms with E-state index in [1.807, 2.05) is 24.3 Å². The molecule has 3 aromatic carbocycles. The molecule has 8 heteroatoms. The highest BCUT2D eigenvalue weighted by molar-refractivity contribution is 6.31. The molecule has 0 unspecified atom stereocenters. The summed E-state index contributed by atoms with van der Waals surface area (Å²) in [6.07, 6.45) is 1.96. The van der Waals surface area contributed by atoms with Gasteiger partial charge in [0.2, 0.25) is 11.8 Å². The lowest BCUT2D eigenvalue weighted by Crippen LogP contribution is -2.41. The van der Waals surface area contributed by atoms with Gasteiger partial charge in [-0.3, -0.25) is 24.1 Å². The minimum atomic E-state index is -0.464. The minimum absolute atomic E-state index is 0.0839. The van der Waals surface area contributed by atoms with Crippen molar-refractivity contribution in [2.45, 2.75) is 44.4 Å². The predicted octanol–water partition coefficient (Wildman–Crippen LogP) is 5.58. The van der Waals surface area contributed by atoms with Crippen LogP contribution < -0.4 is 5.32 Å². The maximum absolute atomic E-state index is 13.6. The number of esters is 1. The Bertz CT molecular complexity index is 1440. The van der Waals surface area contributed by atoms with Gasteiger partial charge in [0.1, 0.15) is 0 Å². The average Bonchev–Trinajstić information content (AvgIpc) is 3.23. The van der Waals surface area contributed by atoms with Crippen LogP contribution in [0.5, 0.6) is 0 Å². The predicted molar refractivity (Wildman–Crippen MR) is 155 cm³/mol. The number of rotatable bonds is 9. The highest BCUT2D eigenvalue weighted by Gasteiger charge is 2.61. The van der Waals surface area contributed by atoms with Gasteiger partial charge in [-0.2, -0.15) is 0 Å². The van der Waals surface area contributed by atoms with Gasteiger partial charge >= 0.3 is 5.97 Å². The molecule has 1 aliphatic heterocycles. The molecule has 7 rings (SSSR count). The maximum atomic E-state index is 13.6. The summed E-state index contributed by atoms with van der Waals surface area (Å²) in [5.74, 6) is -2.01. The molecule has 0 aromatic heterocycles. The number of hydrogen-bond acceptors (Lipinski definition) is 5. The summed E-state index contributed by atoms with van der Waals surface area (Å²) in [4.78, 5) is 53.1. The molecule has 3 aliphatic carbocycles. The van der Waals surface area contributed by atoms with E-state index in [1.165, 1.54) is 4.90 Å². The fraction of sp³-hybridized carbons (Fsp3) is 0.333. The Balaban J connectivity index is 0.999. The number of nitrogens with zero attached hydrogens (tertiary/aromatic N) is 1. The van der Waals surface area contributed by atoms with E-state index in [0.29, 0.717) is 36.5 Å². The smallest absolute Gasteiger partial charge is 0.306 e. The molecule has 2 bridgehead atoms. The Kier molecular flexibility index (Phi) is 7.39. The van der Waals surface area contributed by atoms with Gasteiger partial charge < -0.3 is 10.1 Å². The summed E-state index contributed by atoms with van der Waals surface area (Å²) in [5, 5.41) is 3.24. The van der Waals surface area contributed by atoms with Gasteiger partial charge in [0.05, 0.1) is 11.8 Å². The number of amides is 3. The molecule has 0 spiro atoms. The Hall–Kier alpha value is -3.97. The zero-order valence-corrected chi connectivity index (χ0v) is 23.5. The van der Waals surface area contributed by atoms with Crippen LogP contribution in [0.3, 0.4) is 0 Å². The number of carbonyl (C=O) groups excluding carboxylic acids is 4. The highest BCUT2D eigenvalue weighted by atomic mass is 35.5. The van der Waals surface area contributed by atoms with E-state index in [2.05, 4.69) is 29.6 Å². The van der Waals surface area contributed by atoms with Crippen molar-refractivity contribution in [1.29, 1.82) is 0 Å². The van der Waals surface area contributed by atoms with Crippen molar-refractivity contribution < 1.29 is 23.9 Å². The molecule has 1 heterocycles. The van der Waals surface area contributed by atoms with Gasteiger partial charge in [-0.15, -0.1) is 0 Å². The molecular formula is C33H31ClN2O5. The SMILES string of the molecule is Cc1c(Cl)cccc1NC(=O)COC(=O)CCCCCN1C(=O)[C@H]2C3c4ccccc4C(c4ccccc43)[C@@H]2C1=O. The van der Waals surface area contributed by atoms with Crippen LogP contribution in [0.1, 0.15) is 65.3 Å². The van der Waals surface area contributed by atoms with Crippen LogP contribution in [0.2, 0.25) is 5.02 Å². The molecule has 3 aromatic rings. The van der Waals surface area contributed by atoms with E-state index >= 15 is 0 Å². The van der Waals surface area contributed by atoms with E-state index in [1.54, 1.807) is 25.1 Å². The zero-order chi connectivity index (χ0) is 28.7. The first-order valence-corrected chi connectivity index (χ1v) is 14.5. The maximum Gasteiger partial charge on any atom is 0.306 e. The van der Waals surface area contributed by atoms with Gasteiger partial charge in [-0.25, -0.2) is 0 Å². The lowest BCUT2D eigenvalue weighted by molar-refractivity contribution is -0.147. The molecule has 3 amide bonds. The number of nitrogens with one attached hydrogen (secondary N) is 1. The molecule has 1 saturated heterocycles. The van der Waals surface area contributed by atoms with Crippen molar-refractivity contribution in [3.63, 3.8) is 0 Å². The largest absolute Gasteiger partial charge is 0.456 e. The second-order valence-electron chi connectivity index (χ2n) is 11.0. The summed E-state index contributed by atoms with van der Waals surface area (Å²) in [6.45, 7) is 1.76. The van der Waals surface area contributed by atoms with Crippen molar-refractivity contribution in [1.82, 2.24) is 4.90 Å².